The van der Waals surface area contributed by atoms with Gasteiger partial charge in [0.15, 0.2) is 0 Å². The number of hydrogen-bond acceptors (Lipinski definition) is 4. The molecule has 0 aliphatic heterocycles. The molecule has 2 rings (SSSR count). The summed E-state index contributed by atoms with van der Waals surface area (Å²) >= 11 is 5.19. The Labute approximate surface area is 107 Å². The summed E-state index contributed by atoms with van der Waals surface area (Å²) in [4.78, 5) is 8.58. The molecule has 0 saturated heterocycles. The van der Waals surface area contributed by atoms with Crippen LogP contribution in [0.25, 0.3) is 11.3 Å². The van der Waals surface area contributed by atoms with Gasteiger partial charge in [-0.05, 0) is 29.8 Å². The van der Waals surface area contributed by atoms with Gasteiger partial charge in [0.05, 0.1) is 5.69 Å². The van der Waals surface area contributed by atoms with Crippen molar-refractivity contribution >= 4 is 33.1 Å². The average Bonchev–Trinajstić information content (AvgIpc) is 2.68. The Balaban J connectivity index is 2.50. The molecule has 2 aromatic rings. The normalized spacial score (nSPS) is 10.4. The quantitative estimate of drug-likeness (QED) is 0.938. The predicted molar refractivity (Wildman–Crippen MR) is 71.9 cm³/mol. The number of aromatic nitrogens is 2. The van der Waals surface area contributed by atoms with Crippen LogP contribution in [0.3, 0.4) is 0 Å². The van der Waals surface area contributed by atoms with Crippen LogP contribution >= 0.6 is 27.3 Å². The van der Waals surface area contributed by atoms with Gasteiger partial charge in [0.1, 0.15) is 12.1 Å². The maximum atomic E-state index is 4.35. The monoisotopic (exact) mass is 297 g/mol. The lowest BCUT2D eigenvalue weighted by Crippen LogP contribution is -2.03. The SMILES string of the molecule is CCNc1ncnc(-c2cscc2Br)c1C. The van der Waals surface area contributed by atoms with Gasteiger partial charge < -0.3 is 5.32 Å². The van der Waals surface area contributed by atoms with Gasteiger partial charge >= 0.3 is 0 Å². The van der Waals surface area contributed by atoms with E-state index in [9.17, 15) is 0 Å². The highest BCUT2D eigenvalue weighted by atomic mass is 79.9. The summed E-state index contributed by atoms with van der Waals surface area (Å²) in [5.41, 5.74) is 3.20. The number of thiophene rings is 1. The Morgan fingerprint density at radius 1 is 1.38 bits per heavy atom. The van der Waals surface area contributed by atoms with E-state index in [2.05, 4.69) is 48.9 Å². The molecule has 0 saturated carbocycles. The Hall–Kier alpha value is -0.940. The smallest absolute Gasteiger partial charge is 0.132 e. The molecule has 0 aliphatic carbocycles. The van der Waals surface area contributed by atoms with Crippen LogP contribution in [0.5, 0.6) is 0 Å². The predicted octanol–water partition coefficient (Wildman–Crippen LogP) is 3.71. The van der Waals surface area contributed by atoms with Crippen molar-refractivity contribution in [2.75, 3.05) is 11.9 Å². The molecule has 0 aliphatic rings. The molecule has 0 amide bonds. The standard InChI is InChI=1S/C11H12BrN3S/c1-3-13-11-7(2)10(14-6-15-11)8-4-16-5-9(8)12/h4-6H,3H2,1-2H3,(H,13,14,15). The molecular weight excluding hydrogens is 286 g/mol. The van der Waals surface area contributed by atoms with E-state index in [4.69, 9.17) is 0 Å². The summed E-state index contributed by atoms with van der Waals surface area (Å²) in [6, 6.07) is 0. The molecule has 1 N–H and O–H groups in total. The van der Waals surface area contributed by atoms with E-state index in [0.29, 0.717) is 0 Å². The number of nitrogens with one attached hydrogen (secondary N) is 1. The van der Waals surface area contributed by atoms with Crippen molar-refractivity contribution in [3.63, 3.8) is 0 Å². The second-order valence-electron chi connectivity index (χ2n) is 3.36. The van der Waals surface area contributed by atoms with Gasteiger partial charge in [0.25, 0.3) is 0 Å². The van der Waals surface area contributed by atoms with Gasteiger partial charge in [-0.25, -0.2) is 9.97 Å². The van der Waals surface area contributed by atoms with Crippen molar-refractivity contribution < 1.29 is 0 Å². The molecule has 0 atom stereocenters. The third kappa shape index (κ3) is 2.10. The summed E-state index contributed by atoms with van der Waals surface area (Å²) < 4.78 is 1.08. The lowest BCUT2D eigenvalue weighted by Gasteiger charge is -2.09. The first-order chi connectivity index (χ1) is 7.74. The third-order valence-electron chi connectivity index (χ3n) is 2.30. The highest BCUT2D eigenvalue weighted by molar-refractivity contribution is 9.10. The first kappa shape index (κ1) is 11.5. The lowest BCUT2D eigenvalue weighted by molar-refractivity contribution is 1.09. The third-order valence-corrected chi connectivity index (χ3v) is 4.00. The van der Waals surface area contributed by atoms with E-state index in [-0.39, 0.29) is 0 Å². The number of hydrogen-bond donors (Lipinski definition) is 1. The number of halogens is 1. The fourth-order valence-corrected chi connectivity index (χ4v) is 2.98. The molecule has 0 radical (unpaired) electrons. The van der Waals surface area contributed by atoms with Crippen molar-refractivity contribution in [2.24, 2.45) is 0 Å². The van der Waals surface area contributed by atoms with Crippen molar-refractivity contribution in [3.05, 3.63) is 27.1 Å². The van der Waals surface area contributed by atoms with Crippen LogP contribution in [0.1, 0.15) is 12.5 Å². The van der Waals surface area contributed by atoms with E-state index < -0.39 is 0 Å². The second-order valence-corrected chi connectivity index (χ2v) is 4.96. The molecule has 0 spiro atoms. The molecule has 16 heavy (non-hydrogen) atoms. The van der Waals surface area contributed by atoms with Gasteiger partial charge in [0.2, 0.25) is 0 Å². The molecule has 2 aromatic heterocycles. The average molecular weight is 298 g/mol. The first-order valence-electron chi connectivity index (χ1n) is 5.01. The van der Waals surface area contributed by atoms with Crippen LogP contribution in [0.15, 0.2) is 21.6 Å². The molecular formula is C11H12BrN3S. The number of nitrogens with zero attached hydrogens (tertiary/aromatic N) is 2. The van der Waals surface area contributed by atoms with Gasteiger partial charge in [-0.2, -0.15) is 11.3 Å². The van der Waals surface area contributed by atoms with Crippen molar-refractivity contribution in [1.29, 1.82) is 0 Å². The largest absolute Gasteiger partial charge is 0.370 e. The maximum absolute atomic E-state index is 4.35. The van der Waals surface area contributed by atoms with Crippen LogP contribution in [-0.2, 0) is 0 Å². The first-order valence-corrected chi connectivity index (χ1v) is 6.75. The topological polar surface area (TPSA) is 37.8 Å². The summed E-state index contributed by atoms with van der Waals surface area (Å²) in [5, 5.41) is 7.39. The molecule has 2 heterocycles. The van der Waals surface area contributed by atoms with E-state index in [1.165, 1.54) is 0 Å². The Morgan fingerprint density at radius 3 is 2.81 bits per heavy atom. The minimum atomic E-state index is 0.863. The van der Waals surface area contributed by atoms with E-state index in [1.54, 1.807) is 17.7 Å². The highest BCUT2D eigenvalue weighted by Gasteiger charge is 2.11. The van der Waals surface area contributed by atoms with Gasteiger partial charge in [-0.15, -0.1) is 0 Å². The van der Waals surface area contributed by atoms with Gasteiger partial charge in [-0.3, -0.25) is 0 Å². The molecule has 0 fully saturated rings. The number of anilines is 1. The Morgan fingerprint density at radius 2 is 2.19 bits per heavy atom. The zero-order chi connectivity index (χ0) is 11.5. The van der Waals surface area contributed by atoms with Crippen LogP contribution in [0.2, 0.25) is 0 Å². The zero-order valence-electron chi connectivity index (χ0n) is 9.12. The molecule has 0 bridgehead atoms. The highest BCUT2D eigenvalue weighted by Crippen LogP contribution is 2.33. The molecule has 5 heteroatoms. The zero-order valence-corrected chi connectivity index (χ0v) is 11.5. The fraction of sp³-hybridized carbons (Fsp3) is 0.273. The van der Waals surface area contributed by atoms with E-state index in [0.717, 1.165) is 33.7 Å². The van der Waals surface area contributed by atoms with Crippen molar-refractivity contribution in [1.82, 2.24) is 9.97 Å². The van der Waals surface area contributed by atoms with Gasteiger partial charge in [-0.1, -0.05) is 0 Å². The van der Waals surface area contributed by atoms with Crippen LogP contribution in [-0.4, -0.2) is 16.5 Å². The minimum absolute atomic E-state index is 0.863. The van der Waals surface area contributed by atoms with Crippen molar-refractivity contribution in [3.8, 4) is 11.3 Å². The molecule has 0 unspecified atom stereocenters. The molecule has 0 aromatic carbocycles. The van der Waals surface area contributed by atoms with E-state index >= 15 is 0 Å². The van der Waals surface area contributed by atoms with Crippen molar-refractivity contribution in [2.45, 2.75) is 13.8 Å². The summed E-state index contributed by atoms with van der Waals surface area (Å²) in [6.45, 7) is 4.96. The Bertz CT molecular complexity index is 496. The number of rotatable bonds is 3. The van der Waals surface area contributed by atoms with Crippen LogP contribution in [0, 0.1) is 6.92 Å². The maximum Gasteiger partial charge on any atom is 0.132 e. The fourth-order valence-electron chi connectivity index (χ4n) is 1.52. The lowest BCUT2D eigenvalue weighted by atomic mass is 10.1. The molecule has 3 nitrogen and oxygen atoms in total. The summed E-state index contributed by atoms with van der Waals surface area (Å²) in [7, 11) is 0. The van der Waals surface area contributed by atoms with Crippen LogP contribution < -0.4 is 5.32 Å². The molecule has 84 valence electrons. The van der Waals surface area contributed by atoms with Gasteiger partial charge in [0, 0.05) is 32.9 Å². The minimum Gasteiger partial charge on any atom is -0.370 e. The second kappa shape index (κ2) is 4.93. The van der Waals surface area contributed by atoms with Crippen LogP contribution in [0.4, 0.5) is 5.82 Å². The van der Waals surface area contributed by atoms with E-state index in [1.807, 2.05) is 6.92 Å². The Kier molecular flexibility index (Phi) is 3.56. The summed E-state index contributed by atoms with van der Waals surface area (Å²) in [6.07, 6.45) is 1.60. The summed E-state index contributed by atoms with van der Waals surface area (Å²) in [5.74, 6) is 0.908.